The fraction of sp³-hybridized carbons (Fsp3) is 0.250. The average Bonchev–Trinajstić information content (AvgIpc) is 3.29. The van der Waals surface area contributed by atoms with Crippen molar-refractivity contribution in [1.29, 1.82) is 0 Å². The van der Waals surface area contributed by atoms with Crippen molar-refractivity contribution < 1.29 is 14.0 Å². The number of imidazole rings is 1. The summed E-state index contributed by atoms with van der Waals surface area (Å²) in [5.41, 5.74) is 4.64. The van der Waals surface area contributed by atoms with Gasteiger partial charge in [0.25, 0.3) is 5.91 Å². The number of allylic oxidation sites excluding steroid dienone is 1. The van der Waals surface area contributed by atoms with Gasteiger partial charge in [-0.15, -0.1) is 0 Å². The van der Waals surface area contributed by atoms with Crippen LogP contribution in [0.25, 0.3) is 11.0 Å². The minimum absolute atomic E-state index is 0.201. The predicted octanol–water partition coefficient (Wildman–Crippen LogP) is 2.75. The van der Waals surface area contributed by atoms with Gasteiger partial charge >= 0.3 is 6.03 Å². The van der Waals surface area contributed by atoms with Crippen LogP contribution in [-0.2, 0) is 11.3 Å². The first-order valence-corrected chi connectivity index (χ1v) is 8.93. The maximum absolute atomic E-state index is 13.2. The van der Waals surface area contributed by atoms with Gasteiger partial charge in [0.1, 0.15) is 5.82 Å². The number of hydrogen-bond donors (Lipinski definition) is 3. The normalized spacial score (nSPS) is 16.8. The van der Waals surface area contributed by atoms with Crippen molar-refractivity contribution in [2.24, 2.45) is 0 Å². The lowest BCUT2D eigenvalue weighted by Gasteiger charge is -2.30. The molecular formula is C20H21N5O3. The van der Waals surface area contributed by atoms with Gasteiger partial charge in [0.15, 0.2) is 0 Å². The molecule has 0 aliphatic carbocycles. The molecule has 28 heavy (non-hydrogen) atoms. The van der Waals surface area contributed by atoms with E-state index in [1.165, 1.54) is 12.5 Å². The second kappa shape index (κ2) is 6.88. The van der Waals surface area contributed by atoms with Crippen molar-refractivity contribution in [3.8, 4) is 0 Å². The number of amides is 3. The molecule has 0 unspecified atom stereocenters. The number of aromatic amines is 1. The van der Waals surface area contributed by atoms with Gasteiger partial charge in [-0.05, 0) is 37.6 Å². The molecule has 8 heteroatoms. The average molecular weight is 379 g/mol. The number of nitrogens with zero attached hydrogens (tertiary/aromatic N) is 2. The molecule has 0 saturated heterocycles. The number of benzene rings is 1. The maximum atomic E-state index is 13.2. The molecule has 0 fully saturated rings. The molecule has 3 heterocycles. The molecule has 1 aliphatic heterocycles. The predicted molar refractivity (Wildman–Crippen MR) is 103 cm³/mol. The molecule has 0 radical (unpaired) electrons. The molecule has 0 saturated carbocycles. The second-order valence-corrected chi connectivity index (χ2v) is 6.99. The lowest BCUT2D eigenvalue weighted by Crippen LogP contribution is -2.47. The smallest absolute Gasteiger partial charge is 0.319 e. The van der Waals surface area contributed by atoms with E-state index in [0.717, 1.165) is 16.6 Å². The molecule has 1 atom stereocenters. The monoisotopic (exact) mass is 379 g/mol. The van der Waals surface area contributed by atoms with Crippen molar-refractivity contribution in [1.82, 2.24) is 25.5 Å². The van der Waals surface area contributed by atoms with Gasteiger partial charge < -0.3 is 24.9 Å². The number of aryl methyl sites for hydroxylation is 1. The summed E-state index contributed by atoms with van der Waals surface area (Å²) in [4.78, 5) is 34.5. The Hall–Kier alpha value is -3.55. The maximum Gasteiger partial charge on any atom is 0.319 e. The zero-order valence-corrected chi connectivity index (χ0v) is 15.9. The summed E-state index contributed by atoms with van der Waals surface area (Å²) in [5, 5.41) is 5.46. The molecule has 1 aliphatic rings. The van der Waals surface area contributed by atoms with Crippen LogP contribution in [0.1, 0.15) is 29.9 Å². The lowest BCUT2D eigenvalue weighted by molar-refractivity contribution is -0.127. The summed E-state index contributed by atoms with van der Waals surface area (Å²) >= 11 is 0. The Kier molecular flexibility index (Phi) is 4.38. The number of H-pyrrole nitrogens is 1. The minimum Gasteiger partial charge on any atom is -0.472 e. The first-order chi connectivity index (χ1) is 13.4. The Bertz CT molecular complexity index is 1080. The molecule has 4 rings (SSSR count). The highest BCUT2D eigenvalue weighted by Gasteiger charge is 2.33. The topological polar surface area (TPSA) is 103 Å². The van der Waals surface area contributed by atoms with E-state index in [9.17, 15) is 9.59 Å². The minimum atomic E-state index is -0.569. The van der Waals surface area contributed by atoms with E-state index in [1.54, 1.807) is 24.9 Å². The molecule has 144 valence electrons. The van der Waals surface area contributed by atoms with Crippen LogP contribution in [0.3, 0.4) is 0 Å². The summed E-state index contributed by atoms with van der Waals surface area (Å²) < 4.78 is 5.13. The van der Waals surface area contributed by atoms with Crippen LogP contribution in [0.2, 0.25) is 0 Å². The van der Waals surface area contributed by atoms with E-state index < -0.39 is 6.04 Å². The molecule has 8 nitrogen and oxygen atoms in total. The molecule has 2 aromatic heterocycles. The number of nitrogens with one attached hydrogen (secondary N) is 3. The zero-order valence-electron chi connectivity index (χ0n) is 15.9. The number of carbonyl (C=O) groups excluding carboxylic acids is 2. The van der Waals surface area contributed by atoms with Gasteiger partial charge in [0.2, 0.25) is 0 Å². The molecule has 0 spiro atoms. The quantitative estimate of drug-likeness (QED) is 0.648. The fourth-order valence-corrected chi connectivity index (χ4v) is 3.42. The van der Waals surface area contributed by atoms with Crippen molar-refractivity contribution in [2.45, 2.75) is 26.4 Å². The van der Waals surface area contributed by atoms with E-state index in [0.29, 0.717) is 29.2 Å². The number of hydrogen-bond acceptors (Lipinski definition) is 4. The Morgan fingerprint density at radius 2 is 2.11 bits per heavy atom. The van der Waals surface area contributed by atoms with Crippen LogP contribution in [0.5, 0.6) is 0 Å². The fourth-order valence-electron chi connectivity index (χ4n) is 3.42. The number of likely N-dealkylation sites (N-methyl/N-ethyl adjacent to an activating group) is 1. The number of aromatic nitrogens is 2. The van der Waals surface area contributed by atoms with E-state index >= 15 is 0 Å². The summed E-state index contributed by atoms with van der Waals surface area (Å²) in [5.74, 6) is 0.496. The molecule has 3 N–H and O–H groups in total. The first-order valence-electron chi connectivity index (χ1n) is 8.93. The third kappa shape index (κ3) is 3.24. The van der Waals surface area contributed by atoms with Crippen molar-refractivity contribution in [3.63, 3.8) is 0 Å². The molecule has 3 aromatic rings. The van der Waals surface area contributed by atoms with Gasteiger partial charge in [0.05, 0.1) is 41.7 Å². The molecule has 3 amide bonds. The van der Waals surface area contributed by atoms with Gasteiger partial charge in [-0.1, -0.05) is 6.07 Å². The number of carbonyl (C=O) groups is 2. The second-order valence-electron chi connectivity index (χ2n) is 6.99. The van der Waals surface area contributed by atoms with Gasteiger partial charge in [-0.2, -0.15) is 0 Å². The van der Waals surface area contributed by atoms with Crippen LogP contribution in [0, 0.1) is 6.92 Å². The van der Waals surface area contributed by atoms with Crippen LogP contribution in [0.4, 0.5) is 4.79 Å². The van der Waals surface area contributed by atoms with E-state index in [2.05, 4.69) is 20.6 Å². The van der Waals surface area contributed by atoms with Crippen molar-refractivity contribution in [2.75, 3.05) is 7.05 Å². The summed E-state index contributed by atoms with van der Waals surface area (Å²) in [7, 11) is 1.71. The first kappa shape index (κ1) is 17.8. The largest absolute Gasteiger partial charge is 0.472 e. The third-order valence-electron chi connectivity index (χ3n) is 4.80. The standard InChI is InChI=1S/C20H21N5O3/c1-11-4-5-14-15(8-11)23-16(22-14)9-25(3)19(26)17-12(2)21-20(27)24-18(17)13-6-7-28-10-13/h4-8,10,18H,9H2,1-3H3,(H,22,23)(H2,21,24,27)/t18-/m1/s1. The van der Waals surface area contributed by atoms with Crippen LogP contribution >= 0.6 is 0 Å². The van der Waals surface area contributed by atoms with Crippen molar-refractivity contribution in [3.05, 3.63) is 65.0 Å². The molecule has 1 aromatic carbocycles. The van der Waals surface area contributed by atoms with Crippen LogP contribution < -0.4 is 10.6 Å². The van der Waals surface area contributed by atoms with Gasteiger partial charge in [0, 0.05) is 18.3 Å². The highest BCUT2D eigenvalue weighted by molar-refractivity contribution is 5.98. The van der Waals surface area contributed by atoms with Gasteiger partial charge in [-0.3, -0.25) is 4.79 Å². The number of rotatable bonds is 4. The Balaban J connectivity index is 1.60. The zero-order chi connectivity index (χ0) is 19.8. The Labute approximate surface area is 161 Å². The highest BCUT2D eigenvalue weighted by atomic mass is 16.3. The number of urea groups is 1. The summed E-state index contributed by atoms with van der Waals surface area (Å²) in [6.45, 7) is 4.05. The molecule has 0 bridgehead atoms. The van der Waals surface area contributed by atoms with Crippen LogP contribution in [0.15, 0.2) is 52.5 Å². The van der Waals surface area contributed by atoms with E-state index in [-0.39, 0.29) is 11.9 Å². The van der Waals surface area contributed by atoms with Crippen LogP contribution in [-0.4, -0.2) is 33.9 Å². The third-order valence-corrected chi connectivity index (χ3v) is 4.80. The SMILES string of the molecule is CC1=C(C(=O)N(C)Cc2nc3ccc(C)cc3[nH]2)[C@@H](c2ccoc2)NC(=O)N1. The van der Waals surface area contributed by atoms with Gasteiger partial charge in [-0.25, -0.2) is 9.78 Å². The Morgan fingerprint density at radius 3 is 2.86 bits per heavy atom. The summed E-state index contributed by atoms with van der Waals surface area (Å²) in [6.07, 6.45) is 3.04. The van der Waals surface area contributed by atoms with Crippen molar-refractivity contribution >= 4 is 23.0 Å². The summed E-state index contributed by atoms with van der Waals surface area (Å²) in [6, 6.07) is 6.79. The lowest BCUT2D eigenvalue weighted by atomic mass is 9.96. The Morgan fingerprint density at radius 1 is 1.29 bits per heavy atom. The number of fused-ring (bicyclic) bond motifs is 1. The number of furan rings is 1. The highest BCUT2D eigenvalue weighted by Crippen LogP contribution is 2.28. The molecular weight excluding hydrogens is 358 g/mol. The van der Waals surface area contributed by atoms with E-state index in [1.807, 2.05) is 25.1 Å². The van der Waals surface area contributed by atoms with E-state index in [4.69, 9.17) is 4.42 Å².